The minimum absolute atomic E-state index is 0.240. The van der Waals surface area contributed by atoms with Crippen LogP contribution in [0.25, 0.3) is 22.0 Å². The molecule has 0 fully saturated rings. The van der Waals surface area contributed by atoms with Crippen molar-refractivity contribution < 1.29 is 9.21 Å². The van der Waals surface area contributed by atoms with Crippen LogP contribution in [0.15, 0.2) is 110 Å². The fourth-order valence-electron chi connectivity index (χ4n) is 4.93. The van der Waals surface area contributed by atoms with Crippen LogP contribution in [0.2, 0.25) is 0 Å². The van der Waals surface area contributed by atoms with Crippen LogP contribution >= 0.6 is 15.9 Å². The van der Waals surface area contributed by atoms with E-state index in [1.54, 1.807) is 18.4 Å². The molecule has 0 bridgehead atoms. The molecule has 0 saturated carbocycles. The van der Waals surface area contributed by atoms with Gasteiger partial charge in [-0.25, -0.2) is 5.01 Å². The number of amides is 1. The van der Waals surface area contributed by atoms with Crippen molar-refractivity contribution in [1.29, 1.82) is 0 Å². The lowest BCUT2D eigenvalue weighted by molar-refractivity contribution is 0.0692. The van der Waals surface area contributed by atoms with Gasteiger partial charge in [-0.1, -0.05) is 64.5 Å². The molecule has 3 aromatic carbocycles. The lowest BCUT2D eigenvalue weighted by atomic mass is 9.92. The molecular weight excluding hydrogens is 530 g/mol. The van der Waals surface area contributed by atoms with Crippen molar-refractivity contribution in [2.45, 2.75) is 19.4 Å². The summed E-state index contributed by atoms with van der Waals surface area (Å²) >= 11 is 3.58. The minimum Gasteiger partial charge on any atom is -0.467 e. The number of carbonyl (C=O) groups excluding carboxylic acids is 1. The molecule has 7 heteroatoms. The Kier molecular flexibility index (Phi) is 5.85. The highest BCUT2D eigenvalue weighted by atomic mass is 79.9. The summed E-state index contributed by atoms with van der Waals surface area (Å²) < 4.78 is 6.62. The van der Waals surface area contributed by atoms with Crippen LogP contribution in [0.1, 0.15) is 39.7 Å². The third-order valence-electron chi connectivity index (χ3n) is 6.69. The third kappa shape index (κ3) is 4.11. The number of nitrogens with one attached hydrogen (secondary N) is 1. The van der Waals surface area contributed by atoms with Gasteiger partial charge in [-0.3, -0.25) is 9.59 Å². The molecule has 3 heterocycles. The van der Waals surface area contributed by atoms with Gasteiger partial charge in [0.05, 0.1) is 17.5 Å². The predicted molar refractivity (Wildman–Crippen MR) is 148 cm³/mol. The predicted octanol–water partition coefficient (Wildman–Crippen LogP) is 6.85. The molecule has 0 unspecified atom stereocenters. The number of H-pyrrole nitrogens is 1. The Morgan fingerprint density at radius 2 is 1.78 bits per heavy atom. The fourth-order valence-corrected chi connectivity index (χ4v) is 5.29. The minimum atomic E-state index is -0.474. The van der Waals surface area contributed by atoms with E-state index in [0.29, 0.717) is 29.0 Å². The van der Waals surface area contributed by atoms with E-state index >= 15 is 0 Å². The zero-order valence-electron chi connectivity index (χ0n) is 19.9. The van der Waals surface area contributed by atoms with Crippen molar-refractivity contribution in [3.8, 4) is 11.1 Å². The molecule has 6 rings (SSSR count). The number of hydrazone groups is 1. The number of aromatic nitrogens is 1. The number of furan rings is 1. The van der Waals surface area contributed by atoms with Crippen LogP contribution in [0.5, 0.6) is 0 Å². The average Bonchev–Trinajstić information content (AvgIpc) is 3.59. The van der Waals surface area contributed by atoms with Crippen molar-refractivity contribution in [2.24, 2.45) is 5.10 Å². The normalized spacial score (nSPS) is 15.2. The van der Waals surface area contributed by atoms with E-state index in [1.807, 2.05) is 79.7 Å². The second-order valence-electron chi connectivity index (χ2n) is 9.01. The van der Waals surface area contributed by atoms with Crippen LogP contribution < -0.4 is 5.56 Å². The Morgan fingerprint density at radius 3 is 2.54 bits per heavy atom. The summed E-state index contributed by atoms with van der Waals surface area (Å²) in [5.41, 5.74) is 4.55. The molecule has 1 N–H and O–H groups in total. The van der Waals surface area contributed by atoms with E-state index in [9.17, 15) is 9.59 Å². The third-order valence-corrected chi connectivity index (χ3v) is 7.19. The van der Waals surface area contributed by atoms with Crippen LogP contribution in [-0.2, 0) is 0 Å². The summed E-state index contributed by atoms with van der Waals surface area (Å²) in [7, 11) is 0. The van der Waals surface area contributed by atoms with E-state index in [0.717, 1.165) is 32.1 Å². The Bertz CT molecular complexity index is 1720. The smallest absolute Gasteiger partial charge is 0.274 e. The molecule has 6 nitrogen and oxygen atoms in total. The number of benzene rings is 3. The zero-order valence-corrected chi connectivity index (χ0v) is 21.5. The maximum Gasteiger partial charge on any atom is 0.274 e. The van der Waals surface area contributed by atoms with E-state index < -0.39 is 6.04 Å². The lowest BCUT2D eigenvalue weighted by Crippen LogP contribution is -2.27. The van der Waals surface area contributed by atoms with Gasteiger partial charge in [0.25, 0.3) is 11.5 Å². The summed E-state index contributed by atoms with van der Waals surface area (Å²) in [6, 6.07) is 26.1. The molecule has 1 aliphatic rings. The molecule has 2 aromatic heterocycles. The van der Waals surface area contributed by atoms with Crippen molar-refractivity contribution >= 4 is 38.5 Å². The van der Waals surface area contributed by atoms with Crippen molar-refractivity contribution in [3.63, 3.8) is 0 Å². The van der Waals surface area contributed by atoms with Gasteiger partial charge in [0.15, 0.2) is 0 Å². The topological polar surface area (TPSA) is 78.7 Å². The van der Waals surface area contributed by atoms with Crippen LogP contribution in [-0.4, -0.2) is 21.6 Å². The zero-order chi connectivity index (χ0) is 25.5. The van der Waals surface area contributed by atoms with Gasteiger partial charge in [0.1, 0.15) is 11.8 Å². The first kappa shape index (κ1) is 23.2. The number of hydrogen-bond donors (Lipinski definition) is 1. The Labute approximate surface area is 221 Å². The number of pyridine rings is 1. The van der Waals surface area contributed by atoms with Crippen molar-refractivity contribution in [1.82, 2.24) is 9.99 Å². The van der Waals surface area contributed by atoms with Crippen LogP contribution in [0.4, 0.5) is 0 Å². The molecule has 0 saturated heterocycles. The number of carbonyl (C=O) groups is 1. The van der Waals surface area contributed by atoms with E-state index in [-0.39, 0.29) is 11.5 Å². The second kappa shape index (κ2) is 9.33. The largest absolute Gasteiger partial charge is 0.467 e. The van der Waals surface area contributed by atoms with Crippen LogP contribution in [0, 0.1) is 6.92 Å². The maximum absolute atomic E-state index is 13.7. The summed E-state index contributed by atoms with van der Waals surface area (Å²) in [6.07, 6.45) is 1.92. The lowest BCUT2D eigenvalue weighted by Gasteiger charge is -2.20. The Balaban J connectivity index is 1.58. The molecule has 0 radical (unpaired) electrons. The Morgan fingerprint density at radius 1 is 1.00 bits per heavy atom. The number of nitrogens with zero attached hydrogens (tertiary/aromatic N) is 2. The highest BCUT2D eigenvalue weighted by Gasteiger charge is 2.37. The van der Waals surface area contributed by atoms with Crippen molar-refractivity contribution in [2.75, 3.05) is 0 Å². The van der Waals surface area contributed by atoms with Gasteiger partial charge in [-0.2, -0.15) is 5.10 Å². The number of halogens is 1. The summed E-state index contributed by atoms with van der Waals surface area (Å²) in [4.78, 5) is 30.4. The van der Waals surface area contributed by atoms with E-state index in [1.165, 1.54) is 5.01 Å². The maximum atomic E-state index is 13.7. The number of aryl methyl sites for hydroxylation is 1. The Hall–Kier alpha value is -4.23. The molecule has 182 valence electrons. The number of aromatic amines is 1. The first-order chi connectivity index (χ1) is 18.0. The molecule has 0 spiro atoms. The monoisotopic (exact) mass is 551 g/mol. The molecule has 5 aromatic rings. The SMILES string of the molecule is Cc1ccccc1C(=O)N1N=C(c2c(-c3ccccc3)c3cc(Br)ccc3[nH]c2=O)C[C@H]1c1ccco1. The molecule has 0 aliphatic carbocycles. The number of rotatable bonds is 4. The van der Waals surface area contributed by atoms with Crippen molar-refractivity contribution in [3.05, 3.63) is 128 Å². The van der Waals surface area contributed by atoms with Gasteiger partial charge in [-0.05, 0) is 54.4 Å². The molecule has 1 amide bonds. The standard InChI is InChI=1S/C30H22BrN3O3/c1-18-8-5-6-11-21(18)30(36)34-25(26-12-7-15-37-26)17-24(33-34)28-27(19-9-3-2-4-10-19)22-16-20(31)13-14-23(22)32-29(28)35/h2-16,25H,17H2,1H3,(H,32,35)/t25-/m0/s1. The quantitative estimate of drug-likeness (QED) is 0.265. The molecule has 37 heavy (non-hydrogen) atoms. The first-order valence-corrected chi connectivity index (χ1v) is 12.7. The summed E-state index contributed by atoms with van der Waals surface area (Å²) in [6.45, 7) is 1.90. The van der Waals surface area contributed by atoms with Gasteiger partial charge in [0.2, 0.25) is 0 Å². The van der Waals surface area contributed by atoms with E-state index in [2.05, 4.69) is 20.9 Å². The molecule has 1 aliphatic heterocycles. The highest BCUT2D eigenvalue weighted by Crippen LogP contribution is 2.38. The fraction of sp³-hybridized carbons (Fsp3) is 0.100. The summed E-state index contributed by atoms with van der Waals surface area (Å²) in [5.74, 6) is 0.373. The average molecular weight is 552 g/mol. The molecular formula is C30H22BrN3O3. The van der Waals surface area contributed by atoms with Gasteiger partial charge < -0.3 is 9.40 Å². The van der Waals surface area contributed by atoms with Gasteiger partial charge in [0, 0.05) is 32.9 Å². The number of hydrogen-bond acceptors (Lipinski definition) is 4. The van der Waals surface area contributed by atoms with Gasteiger partial charge in [-0.15, -0.1) is 0 Å². The van der Waals surface area contributed by atoms with E-state index in [4.69, 9.17) is 9.52 Å². The first-order valence-electron chi connectivity index (χ1n) is 11.9. The summed E-state index contributed by atoms with van der Waals surface area (Å²) in [5, 5.41) is 7.14. The number of fused-ring (bicyclic) bond motifs is 1. The molecule has 1 atom stereocenters. The van der Waals surface area contributed by atoms with Crippen LogP contribution in [0.3, 0.4) is 0 Å². The second-order valence-corrected chi connectivity index (χ2v) is 9.92. The highest BCUT2D eigenvalue weighted by molar-refractivity contribution is 9.10. The van der Waals surface area contributed by atoms with Gasteiger partial charge >= 0.3 is 0 Å².